The van der Waals surface area contributed by atoms with Gasteiger partial charge in [0.05, 0.1) is 30.7 Å². The SMILES string of the molecule is COC(=O)C1Cc2c([nH]c3ccccc23)C2Cn3nnnc3C(c3ccc([N+](=O)[O-])cc3)N12. The molecule has 6 rings (SSSR count). The highest BCUT2D eigenvalue weighted by atomic mass is 16.6. The molecule has 0 saturated heterocycles. The normalized spacial score (nSPS) is 21.8. The molecule has 1 N–H and O–H groups in total. The lowest BCUT2D eigenvalue weighted by atomic mass is 9.86. The average Bonchev–Trinajstić information content (AvgIpc) is 3.46. The molecule has 0 saturated carbocycles. The summed E-state index contributed by atoms with van der Waals surface area (Å²) in [5.41, 5.74) is 3.86. The lowest BCUT2D eigenvalue weighted by Gasteiger charge is -2.47. The first-order valence-corrected chi connectivity index (χ1v) is 10.5. The van der Waals surface area contributed by atoms with E-state index in [0.29, 0.717) is 18.8 Å². The van der Waals surface area contributed by atoms with Gasteiger partial charge in [-0.25, -0.2) is 4.68 Å². The molecular formula is C22H19N7O4. The first-order valence-electron chi connectivity index (χ1n) is 10.5. The van der Waals surface area contributed by atoms with Crippen molar-refractivity contribution in [3.8, 4) is 0 Å². The summed E-state index contributed by atoms with van der Waals surface area (Å²) in [6.07, 6.45) is 0.466. The molecule has 0 bridgehead atoms. The van der Waals surface area contributed by atoms with Gasteiger partial charge in [-0.3, -0.25) is 19.8 Å². The van der Waals surface area contributed by atoms with Gasteiger partial charge in [-0.05, 0) is 27.6 Å². The van der Waals surface area contributed by atoms with Crippen molar-refractivity contribution in [3.05, 3.63) is 81.3 Å². The number of tetrazole rings is 1. The number of rotatable bonds is 3. The highest BCUT2D eigenvalue weighted by molar-refractivity contribution is 5.87. The molecule has 3 atom stereocenters. The molecule has 0 amide bonds. The summed E-state index contributed by atoms with van der Waals surface area (Å²) >= 11 is 0. The standard InChI is InChI=1S/C22H19N7O4/c1-33-22(30)17-10-15-14-4-2-3-5-16(14)23-19(15)18-11-27-21(24-25-26-27)20(28(17)18)12-6-8-13(9-7-12)29(31)32/h2-9,17-18,20,23H,10-11H2,1H3. The van der Waals surface area contributed by atoms with E-state index < -0.39 is 17.0 Å². The second kappa shape index (κ2) is 7.20. The fraction of sp³-hybridized carbons (Fsp3) is 0.273. The van der Waals surface area contributed by atoms with Crippen LogP contribution in [0, 0.1) is 10.1 Å². The van der Waals surface area contributed by atoms with E-state index in [1.54, 1.807) is 16.8 Å². The van der Waals surface area contributed by atoms with E-state index in [9.17, 15) is 14.9 Å². The highest BCUT2D eigenvalue weighted by Gasteiger charge is 2.49. The van der Waals surface area contributed by atoms with E-state index in [-0.39, 0.29) is 17.7 Å². The van der Waals surface area contributed by atoms with Crippen molar-refractivity contribution in [2.45, 2.75) is 31.1 Å². The summed E-state index contributed by atoms with van der Waals surface area (Å²) < 4.78 is 6.95. The Morgan fingerprint density at radius 2 is 2.00 bits per heavy atom. The number of esters is 1. The van der Waals surface area contributed by atoms with E-state index >= 15 is 0 Å². The van der Waals surface area contributed by atoms with Crippen molar-refractivity contribution in [2.75, 3.05) is 7.11 Å². The van der Waals surface area contributed by atoms with Gasteiger partial charge in [-0.1, -0.05) is 30.3 Å². The van der Waals surface area contributed by atoms with Gasteiger partial charge in [0.2, 0.25) is 0 Å². The van der Waals surface area contributed by atoms with Crippen LogP contribution in [-0.2, 0) is 22.5 Å². The Morgan fingerprint density at radius 1 is 1.21 bits per heavy atom. The smallest absolute Gasteiger partial charge is 0.323 e. The zero-order chi connectivity index (χ0) is 22.7. The van der Waals surface area contributed by atoms with Gasteiger partial charge in [-0.2, -0.15) is 0 Å². The number of aromatic nitrogens is 5. The second-order valence-corrected chi connectivity index (χ2v) is 8.24. The van der Waals surface area contributed by atoms with Crippen LogP contribution in [0.5, 0.6) is 0 Å². The van der Waals surface area contributed by atoms with Gasteiger partial charge in [0, 0.05) is 35.2 Å². The minimum atomic E-state index is -0.572. The van der Waals surface area contributed by atoms with Crippen molar-refractivity contribution < 1.29 is 14.5 Å². The summed E-state index contributed by atoms with van der Waals surface area (Å²) in [6, 6.07) is 13.0. The number of H-pyrrole nitrogens is 1. The summed E-state index contributed by atoms with van der Waals surface area (Å²) in [5, 5.41) is 24.5. The number of carbonyl (C=O) groups excluding carboxylic acids is 1. The number of fused-ring (bicyclic) bond motifs is 6. The molecule has 3 unspecified atom stereocenters. The maximum absolute atomic E-state index is 13.0. The summed E-state index contributed by atoms with van der Waals surface area (Å²) in [7, 11) is 1.39. The van der Waals surface area contributed by atoms with Gasteiger partial charge >= 0.3 is 5.97 Å². The van der Waals surface area contributed by atoms with Crippen LogP contribution in [0.1, 0.15) is 34.7 Å². The molecule has 4 aromatic rings. The van der Waals surface area contributed by atoms with Crippen molar-refractivity contribution in [1.82, 2.24) is 30.1 Å². The third-order valence-electron chi connectivity index (χ3n) is 6.64. The molecule has 2 aromatic heterocycles. The van der Waals surface area contributed by atoms with Crippen molar-refractivity contribution in [2.24, 2.45) is 0 Å². The molecule has 33 heavy (non-hydrogen) atoms. The number of carbonyl (C=O) groups is 1. The largest absolute Gasteiger partial charge is 0.468 e. The van der Waals surface area contributed by atoms with Crippen LogP contribution < -0.4 is 0 Å². The molecule has 4 heterocycles. The van der Waals surface area contributed by atoms with Crippen LogP contribution in [0.25, 0.3) is 10.9 Å². The number of nitrogens with one attached hydrogen (secondary N) is 1. The molecule has 2 aliphatic rings. The average molecular weight is 445 g/mol. The zero-order valence-corrected chi connectivity index (χ0v) is 17.6. The molecule has 2 aliphatic heterocycles. The van der Waals surface area contributed by atoms with Crippen molar-refractivity contribution in [1.29, 1.82) is 0 Å². The first kappa shape index (κ1) is 19.6. The van der Waals surface area contributed by atoms with Gasteiger partial charge < -0.3 is 9.72 Å². The summed E-state index contributed by atoms with van der Waals surface area (Å²) in [6.45, 7) is 0.457. The number of hydrogen-bond donors (Lipinski definition) is 1. The number of aromatic amines is 1. The van der Waals surface area contributed by atoms with E-state index in [2.05, 4.69) is 25.4 Å². The van der Waals surface area contributed by atoms with Crippen LogP contribution in [0.4, 0.5) is 5.69 Å². The molecule has 0 aliphatic carbocycles. The zero-order valence-electron chi connectivity index (χ0n) is 17.6. The first-order chi connectivity index (χ1) is 16.1. The number of methoxy groups -OCH3 is 1. The van der Waals surface area contributed by atoms with Crippen molar-refractivity contribution >= 4 is 22.6 Å². The lowest BCUT2D eigenvalue weighted by Crippen LogP contribution is -2.54. The number of ether oxygens (including phenoxy) is 1. The Hall–Kier alpha value is -4.12. The summed E-state index contributed by atoms with van der Waals surface area (Å²) in [5.74, 6) is 0.234. The van der Waals surface area contributed by atoms with Gasteiger partial charge in [0.1, 0.15) is 6.04 Å². The van der Waals surface area contributed by atoms with E-state index in [1.807, 2.05) is 24.3 Å². The second-order valence-electron chi connectivity index (χ2n) is 8.24. The minimum Gasteiger partial charge on any atom is -0.468 e. The third kappa shape index (κ3) is 2.85. The number of non-ortho nitro benzene ring substituents is 1. The van der Waals surface area contributed by atoms with Crippen LogP contribution in [0.2, 0.25) is 0 Å². The Kier molecular flexibility index (Phi) is 4.27. The monoisotopic (exact) mass is 445 g/mol. The highest BCUT2D eigenvalue weighted by Crippen LogP contribution is 2.47. The van der Waals surface area contributed by atoms with Gasteiger partial charge in [0.25, 0.3) is 5.69 Å². The van der Waals surface area contributed by atoms with Crippen LogP contribution in [0.3, 0.4) is 0 Å². The topological polar surface area (TPSA) is 132 Å². The molecular weight excluding hydrogens is 426 g/mol. The predicted molar refractivity (Wildman–Crippen MR) is 115 cm³/mol. The maximum Gasteiger partial charge on any atom is 0.323 e. The quantitative estimate of drug-likeness (QED) is 0.289. The Bertz CT molecular complexity index is 1390. The summed E-state index contributed by atoms with van der Waals surface area (Å²) in [4.78, 5) is 29.4. The fourth-order valence-electron chi connectivity index (χ4n) is 5.21. The number of benzene rings is 2. The predicted octanol–water partition coefficient (Wildman–Crippen LogP) is 2.31. The van der Waals surface area contributed by atoms with E-state index in [1.165, 1.54) is 19.2 Å². The third-order valence-corrected chi connectivity index (χ3v) is 6.64. The fourth-order valence-corrected chi connectivity index (χ4v) is 5.21. The number of para-hydroxylation sites is 1. The Labute approximate surface area is 187 Å². The number of nitro groups is 1. The van der Waals surface area contributed by atoms with Crippen LogP contribution in [0.15, 0.2) is 48.5 Å². The molecule has 0 spiro atoms. The molecule has 166 valence electrons. The number of hydrogen-bond acceptors (Lipinski definition) is 8. The van der Waals surface area contributed by atoms with E-state index in [0.717, 1.165) is 27.7 Å². The Morgan fingerprint density at radius 3 is 2.76 bits per heavy atom. The maximum atomic E-state index is 13.0. The Balaban J connectivity index is 1.56. The molecule has 11 heteroatoms. The lowest BCUT2D eigenvalue weighted by molar-refractivity contribution is -0.384. The van der Waals surface area contributed by atoms with Crippen molar-refractivity contribution in [3.63, 3.8) is 0 Å². The minimum absolute atomic E-state index is 0.00762. The molecule has 0 fully saturated rings. The molecule has 11 nitrogen and oxygen atoms in total. The van der Waals surface area contributed by atoms with Crippen LogP contribution >= 0.6 is 0 Å². The molecule has 0 radical (unpaired) electrons. The van der Waals surface area contributed by atoms with Gasteiger partial charge in [0.15, 0.2) is 5.82 Å². The van der Waals surface area contributed by atoms with E-state index in [4.69, 9.17) is 4.74 Å². The van der Waals surface area contributed by atoms with Gasteiger partial charge in [-0.15, -0.1) is 5.10 Å². The number of nitro benzene ring substituents is 1. The number of nitrogens with zero attached hydrogens (tertiary/aromatic N) is 6. The molecule has 2 aromatic carbocycles. The van der Waals surface area contributed by atoms with Crippen LogP contribution in [-0.4, -0.2) is 54.1 Å².